The second-order valence-electron chi connectivity index (χ2n) is 14.7. The van der Waals surface area contributed by atoms with E-state index in [1.807, 2.05) is 43.8 Å². The Kier molecular flexibility index (Phi) is 8.94. The van der Waals surface area contributed by atoms with E-state index >= 15 is 0 Å². The maximum atomic E-state index is 14.5. The largest absolute Gasteiger partial charge is 0.487 e. The lowest BCUT2D eigenvalue weighted by atomic mass is 9.67. The Hall–Kier alpha value is -4.86. The summed E-state index contributed by atoms with van der Waals surface area (Å²) in [7, 11) is 3.58. The molecular weight excluding hydrogens is 642 g/mol. The lowest BCUT2D eigenvalue weighted by Gasteiger charge is -2.41. The molecule has 1 spiro atoms. The van der Waals surface area contributed by atoms with Crippen molar-refractivity contribution in [2.45, 2.75) is 63.9 Å². The fourth-order valence-corrected chi connectivity index (χ4v) is 8.66. The number of nitriles is 1. The number of benzene rings is 1. The lowest BCUT2D eigenvalue weighted by molar-refractivity contribution is 0.121. The molecule has 2 aromatic heterocycles. The molecule has 3 unspecified atom stereocenters. The first-order valence-corrected chi connectivity index (χ1v) is 18.2. The summed E-state index contributed by atoms with van der Waals surface area (Å²) in [5.41, 5.74) is 5.88. The van der Waals surface area contributed by atoms with Crippen LogP contribution in [0.3, 0.4) is 0 Å². The summed E-state index contributed by atoms with van der Waals surface area (Å²) in [5.74, 6) is 1.61. The van der Waals surface area contributed by atoms with Crippen LogP contribution in [0.4, 0.5) is 17.2 Å². The smallest absolute Gasteiger partial charge is 0.205 e. The molecule has 6 heterocycles. The van der Waals surface area contributed by atoms with Gasteiger partial charge >= 0.3 is 0 Å². The van der Waals surface area contributed by atoms with E-state index in [0.717, 1.165) is 97.0 Å². The number of aliphatic imine (C=N–C) groups is 1. The summed E-state index contributed by atoms with van der Waals surface area (Å²) < 4.78 is 14.3. The molecule has 2 saturated heterocycles. The number of aromatic nitrogens is 2. The highest BCUT2D eigenvalue weighted by Crippen LogP contribution is 2.50. The molecule has 12 nitrogen and oxygen atoms in total. The Morgan fingerprint density at radius 1 is 1.22 bits per heavy atom. The molecule has 0 radical (unpaired) electrons. The van der Waals surface area contributed by atoms with Gasteiger partial charge in [-0.1, -0.05) is 6.42 Å². The van der Waals surface area contributed by atoms with E-state index in [0.29, 0.717) is 31.6 Å². The van der Waals surface area contributed by atoms with Crippen LogP contribution >= 0.6 is 0 Å². The third-order valence-electron chi connectivity index (χ3n) is 11.6. The van der Waals surface area contributed by atoms with Crippen LogP contribution in [-0.2, 0) is 11.3 Å². The van der Waals surface area contributed by atoms with Gasteiger partial charge in [0.2, 0.25) is 6.19 Å². The molecule has 1 aromatic carbocycles. The van der Waals surface area contributed by atoms with Crippen molar-refractivity contribution in [1.82, 2.24) is 19.8 Å². The molecule has 1 aliphatic carbocycles. The molecule has 3 fully saturated rings. The predicted octanol–water partition coefficient (Wildman–Crippen LogP) is 4.79. The number of nitrogens with zero attached hydrogens (tertiary/aromatic N) is 7. The third kappa shape index (κ3) is 6.12. The molecular formula is C39H47N9O3. The van der Waals surface area contributed by atoms with Gasteiger partial charge in [0.1, 0.15) is 18.7 Å². The van der Waals surface area contributed by atoms with E-state index in [1.165, 1.54) is 0 Å². The van der Waals surface area contributed by atoms with Crippen molar-refractivity contribution in [3.05, 3.63) is 76.4 Å². The van der Waals surface area contributed by atoms with Crippen molar-refractivity contribution >= 4 is 33.8 Å². The van der Waals surface area contributed by atoms with Gasteiger partial charge in [-0.25, -0.2) is 4.98 Å². The molecule has 51 heavy (non-hydrogen) atoms. The maximum absolute atomic E-state index is 14.5. The number of dihydropyridines is 1. The number of ether oxygens (including phenoxy) is 2. The van der Waals surface area contributed by atoms with E-state index in [9.17, 15) is 10.1 Å². The van der Waals surface area contributed by atoms with Gasteiger partial charge < -0.3 is 34.5 Å². The Bertz CT molecular complexity index is 1990. The number of hydrogen-bond donors (Lipinski definition) is 2. The van der Waals surface area contributed by atoms with Gasteiger partial charge in [0, 0.05) is 75.5 Å². The first-order chi connectivity index (χ1) is 24.9. The van der Waals surface area contributed by atoms with E-state index in [2.05, 4.69) is 71.2 Å². The van der Waals surface area contributed by atoms with Gasteiger partial charge in [0.25, 0.3) is 0 Å². The first kappa shape index (κ1) is 33.3. The molecule has 1 saturated carbocycles. The normalized spacial score (nSPS) is 24.3. The molecule has 5 aliphatic rings. The zero-order valence-electron chi connectivity index (χ0n) is 29.8. The first-order valence-electron chi connectivity index (χ1n) is 18.2. The van der Waals surface area contributed by atoms with Crippen LogP contribution in [0.25, 0.3) is 10.9 Å². The van der Waals surface area contributed by atoms with Crippen LogP contribution < -0.4 is 30.6 Å². The fraction of sp³-hybridized carbons (Fsp3) is 0.487. The SMILES string of the molecule is CNc1ccc(N2CCCC(N(CC3=CC(OC)NC=C3)Cc3cn4c5c(c(N6CC(=NC#N)C7(CCC7)C6)ccc5c3=O)OCC4C)C2)cn1. The zero-order valence-corrected chi connectivity index (χ0v) is 29.8. The quantitative estimate of drug-likeness (QED) is 0.303. The summed E-state index contributed by atoms with van der Waals surface area (Å²) >= 11 is 0. The third-order valence-corrected chi connectivity index (χ3v) is 11.6. The van der Waals surface area contributed by atoms with Crippen molar-refractivity contribution in [3.63, 3.8) is 0 Å². The lowest BCUT2D eigenvalue weighted by Crippen LogP contribution is -2.49. The Labute approximate surface area is 299 Å². The summed E-state index contributed by atoms with van der Waals surface area (Å²) in [6.45, 7) is 7.13. The predicted molar refractivity (Wildman–Crippen MR) is 201 cm³/mol. The summed E-state index contributed by atoms with van der Waals surface area (Å²) in [6.07, 6.45) is 17.4. The molecule has 3 atom stereocenters. The van der Waals surface area contributed by atoms with Crippen molar-refractivity contribution in [2.24, 2.45) is 10.4 Å². The minimum absolute atomic E-state index is 0.0178. The molecule has 0 amide bonds. The zero-order chi connectivity index (χ0) is 35.1. The standard InChI is InChI=1S/C39H47N9O3/c1-26-23-51-38-32(47-22-33(44-25-40)39(24-47)12-5-13-39)9-8-31-36(38)48(26)20-28(37(31)49)19-46(18-27-11-14-42-35(16-27)50-3)30-6-4-15-45(21-30)29-7-10-34(41-2)43-17-29/h7-11,14,16-17,20,26,30,35,42H,4-6,12-13,15,18-19,21-24H2,1-3H3,(H,41,43). The van der Waals surface area contributed by atoms with Crippen molar-refractivity contribution in [2.75, 3.05) is 68.6 Å². The number of piperidine rings is 1. The molecule has 266 valence electrons. The van der Waals surface area contributed by atoms with E-state index in [4.69, 9.17) is 9.47 Å². The second-order valence-corrected chi connectivity index (χ2v) is 14.7. The Morgan fingerprint density at radius 2 is 2.10 bits per heavy atom. The highest BCUT2D eigenvalue weighted by molar-refractivity contribution is 6.01. The van der Waals surface area contributed by atoms with E-state index in [-0.39, 0.29) is 29.2 Å². The molecule has 0 bridgehead atoms. The van der Waals surface area contributed by atoms with Crippen LogP contribution in [0.5, 0.6) is 5.75 Å². The van der Waals surface area contributed by atoms with Crippen LogP contribution in [0, 0.1) is 16.9 Å². The fourth-order valence-electron chi connectivity index (χ4n) is 8.66. The number of pyridine rings is 2. The topological polar surface area (TPSA) is 123 Å². The minimum atomic E-state index is -0.187. The van der Waals surface area contributed by atoms with Crippen LogP contribution in [0.15, 0.2) is 70.4 Å². The molecule has 3 aromatic rings. The van der Waals surface area contributed by atoms with Gasteiger partial charge in [-0.15, -0.1) is 0 Å². The minimum Gasteiger partial charge on any atom is -0.487 e. The number of anilines is 3. The highest BCUT2D eigenvalue weighted by atomic mass is 16.5. The monoisotopic (exact) mass is 689 g/mol. The highest BCUT2D eigenvalue weighted by Gasteiger charge is 2.49. The van der Waals surface area contributed by atoms with Gasteiger partial charge in [-0.2, -0.15) is 10.3 Å². The molecule has 2 N–H and O–H groups in total. The average Bonchev–Trinajstić information content (AvgIpc) is 3.54. The number of methoxy groups -OCH3 is 1. The van der Waals surface area contributed by atoms with Gasteiger partial charge in [0.15, 0.2) is 11.2 Å². The van der Waals surface area contributed by atoms with Crippen LogP contribution in [0.2, 0.25) is 0 Å². The number of hydrogen-bond acceptors (Lipinski definition) is 11. The Morgan fingerprint density at radius 3 is 2.84 bits per heavy atom. The van der Waals surface area contributed by atoms with Crippen molar-refractivity contribution in [1.29, 1.82) is 5.26 Å². The number of nitrogens with one attached hydrogen (secondary N) is 2. The molecule has 4 aliphatic heterocycles. The van der Waals surface area contributed by atoms with Crippen LogP contribution in [0.1, 0.15) is 50.6 Å². The molecule has 12 heteroatoms. The summed E-state index contributed by atoms with van der Waals surface area (Å²) in [5, 5.41) is 16.4. The van der Waals surface area contributed by atoms with Gasteiger partial charge in [-0.05, 0) is 80.8 Å². The average molecular weight is 690 g/mol. The summed E-state index contributed by atoms with van der Waals surface area (Å²) in [4.78, 5) is 30.5. The number of rotatable bonds is 9. The van der Waals surface area contributed by atoms with Gasteiger partial charge in [0.05, 0.1) is 41.4 Å². The maximum Gasteiger partial charge on any atom is 0.205 e. The van der Waals surface area contributed by atoms with E-state index in [1.54, 1.807) is 7.11 Å². The second kappa shape index (κ2) is 13.7. The van der Waals surface area contributed by atoms with Crippen molar-refractivity contribution in [3.8, 4) is 11.9 Å². The van der Waals surface area contributed by atoms with Crippen molar-refractivity contribution < 1.29 is 9.47 Å². The Balaban J connectivity index is 1.14. The molecule has 8 rings (SSSR count). The van der Waals surface area contributed by atoms with Crippen LogP contribution in [-0.4, -0.2) is 85.9 Å². The van der Waals surface area contributed by atoms with E-state index < -0.39 is 0 Å². The summed E-state index contributed by atoms with van der Waals surface area (Å²) in [6, 6.07) is 8.47. The van der Waals surface area contributed by atoms with Gasteiger partial charge in [-0.3, -0.25) is 9.69 Å².